The van der Waals surface area contributed by atoms with E-state index in [0.717, 1.165) is 17.7 Å². The lowest BCUT2D eigenvalue weighted by atomic mass is 9.83. The van der Waals surface area contributed by atoms with Gasteiger partial charge in [0, 0.05) is 18.8 Å². The Morgan fingerprint density at radius 2 is 2.05 bits per heavy atom. The van der Waals surface area contributed by atoms with Gasteiger partial charge >= 0.3 is 0 Å². The molecule has 2 rings (SSSR count). The Bertz CT molecular complexity index is 468. The third-order valence-corrected chi connectivity index (χ3v) is 4.05. The second-order valence-electron chi connectivity index (χ2n) is 5.90. The van der Waals surface area contributed by atoms with Crippen LogP contribution in [0.1, 0.15) is 32.8 Å². The summed E-state index contributed by atoms with van der Waals surface area (Å²) in [6, 6.07) is 7.56. The largest absolute Gasteiger partial charge is 0.399 e. The van der Waals surface area contributed by atoms with Crippen LogP contribution < -0.4 is 5.73 Å². The van der Waals surface area contributed by atoms with E-state index >= 15 is 0 Å². The van der Waals surface area contributed by atoms with Crippen molar-refractivity contribution in [3.05, 3.63) is 29.8 Å². The zero-order chi connectivity index (χ0) is 14.8. The summed E-state index contributed by atoms with van der Waals surface area (Å²) in [7, 11) is 0. The lowest BCUT2D eigenvalue weighted by Gasteiger charge is -2.37. The van der Waals surface area contributed by atoms with Crippen molar-refractivity contribution >= 4 is 11.6 Å². The summed E-state index contributed by atoms with van der Waals surface area (Å²) in [5, 5.41) is 0. The standard InChI is InChI=1S/C16H24N2O2/c1-4-14-11-18(9-10-20-14)15(19)16(2,3)12-5-7-13(17)8-6-12/h5-8,14H,4,9-11,17H2,1-3H3. The SMILES string of the molecule is CCC1CN(C(=O)C(C)(C)c2ccc(N)cc2)CCO1. The highest BCUT2D eigenvalue weighted by Crippen LogP contribution is 2.27. The van der Waals surface area contributed by atoms with Gasteiger partial charge in [0.2, 0.25) is 5.91 Å². The molecule has 1 fully saturated rings. The minimum Gasteiger partial charge on any atom is -0.399 e. The van der Waals surface area contributed by atoms with Crippen LogP contribution in [0.4, 0.5) is 5.69 Å². The van der Waals surface area contributed by atoms with Gasteiger partial charge in [0.1, 0.15) is 0 Å². The first-order valence-corrected chi connectivity index (χ1v) is 7.22. The van der Waals surface area contributed by atoms with E-state index in [1.54, 1.807) is 0 Å². The Hall–Kier alpha value is -1.55. The molecule has 1 saturated heterocycles. The number of morpholine rings is 1. The molecule has 1 aliphatic rings. The number of hydrogen-bond donors (Lipinski definition) is 1. The lowest BCUT2D eigenvalue weighted by molar-refractivity contribution is -0.144. The lowest BCUT2D eigenvalue weighted by Crippen LogP contribution is -2.51. The summed E-state index contributed by atoms with van der Waals surface area (Å²) in [5.41, 5.74) is 6.89. The number of rotatable bonds is 3. The number of benzene rings is 1. The predicted molar refractivity (Wildman–Crippen MR) is 80.5 cm³/mol. The minimum absolute atomic E-state index is 0.157. The molecule has 0 aliphatic carbocycles. The molecule has 4 nitrogen and oxygen atoms in total. The van der Waals surface area contributed by atoms with E-state index in [4.69, 9.17) is 10.5 Å². The van der Waals surface area contributed by atoms with Crippen molar-refractivity contribution in [1.82, 2.24) is 4.90 Å². The summed E-state index contributed by atoms with van der Waals surface area (Å²) < 4.78 is 5.63. The molecular formula is C16H24N2O2. The minimum atomic E-state index is -0.538. The molecule has 0 spiro atoms. The van der Waals surface area contributed by atoms with Crippen LogP contribution in [0.15, 0.2) is 24.3 Å². The molecule has 0 saturated carbocycles. The van der Waals surface area contributed by atoms with Gasteiger partial charge in [0.25, 0.3) is 0 Å². The molecule has 1 atom stereocenters. The van der Waals surface area contributed by atoms with Gasteiger partial charge in [0.15, 0.2) is 0 Å². The van der Waals surface area contributed by atoms with Crippen LogP contribution in [0, 0.1) is 0 Å². The fourth-order valence-corrected chi connectivity index (χ4v) is 2.57. The van der Waals surface area contributed by atoms with Crippen LogP contribution in [0.2, 0.25) is 0 Å². The fourth-order valence-electron chi connectivity index (χ4n) is 2.57. The summed E-state index contributed by atoms with van der Waals surface area (Å²) in [6.45, 7) is 8.02. The average molecular weight is 276 g/mol. The second kappa shape index (κ2) is 5.83. The molecule has 1 heterocycles. The highest BCUT2D eigenvalue weighted by molar-refractivity contribution is 5.87. The van der Waals surface area contributed by atoms with Crippen LogP contribution in [0.25, 0.3) is 0 Å². The number of nitrogens with zero attached hydrogens (tertiary/aromatic N) is 1. The first-order chi connectivity index (χ1) is 9.45. The van der Waals surface area contributed by atoms with Gasteiger partial charge in [-0.1, -0.05) is 19.1 Å². The van der Waals surface area contributed by atoms with Crippen molar-refractivity contribution in [2.24, 2.45) is 0 Å². The first kappa shape index (κ1) is 14.9. The zero-order valence-electron chi connectivity index (χ0n) is 12.6. The van der Waals surface area contributed by atoms with Crippen molar-refractivity contribution in [2.75, 3.05) is 25.4 Å². The molecule has 1 aromatic carbocycles. The van der Waals surface area contributed by atoms with Crippen LogP contribution in [-0.2, 0) is 14.9 Å². The Morgan fingerprint density at radius 1 is 1.40 bits per heavy atom. The number of ether oxygens (including phenoxy) is 1. The molecule has 0 bridgehead atoms. The number of hydrogen-bond acceptors (Lipinski definition) is 3. The van der Waals surface area contributed by atoms with E-state index in [1.165, 1.54) is 0 Å². The molecular weight excluding hydrogens is 252 g/mol. The number of anilines is 1. The molecule has 20 heavy (non-hydrogen) atoms. The number of amides is 1. The highest BCUT2D eigenvalue weighted by atomic mass is 16.5. The number of nitrogens with two attached hydrogens (primary N) is 1. The summed E-state index contributed by atoms with van der Waals surface area (Å²) >= 11 is 0. The van der Waals surface area contributed by atoms with E-state index < -0.39 is 5.41 Å². The van der Waals surface area contributed by atoms with Crippen molar-refractivity contribution in [3.8, 4) is 0 Å². The monoisotopic (exact) mass is 276 g/mol. The summed E-state index contributed by atoms with van der Waals surface area (Å²) in [5.74, 6) is 0.157. The Balaban J connectivity index is 2.16. The van der Waals surface area contributed by atoms with Crippen molar-refractivity contribution in [3.63, 3.8) is 0 Å². The van der Waals surface area contributed by atoms with Crippen molar-refractivity contribution < 1.29 is 9.53 Å². The molecule has 1 unspecified atom stereocenters. The van der Waals surface area contributed by atoms with Gasteiger partial charge in [-0.25, -0.2) is 0 Å². The van der Waals surface area contributed by atoms with Gasteiger partial charge < -0.3 is 15.4 Å². The van der Waals surface area contributed by atoms with Crippen molar-refractivity contribution in [2.45, 2.75) is 38.7 Å². The topological polar surface area (TPSA) is 55.6 Å². The zero-order valence-corrected chi connectivity index (χ0v) is 12.6. The first-order valence-electron chi connectivity index (χ1n) is 7.22. The quantitative estimate of drug-likeness (QED) is 0.861. The molecule has 1 aromatic rings. The molecule has 4 heteroatoms. The molecule has 2 N–H and O–H groups in total. The smallest absolute Gasteiger partial charge is 0.232 e. The third kappa shape index (κ3) is 2.96. The van der Waals surface area contributed by atoms with E-state index in [0.29, 0.717) is 19.7 Å². The van der Waals surface area contributed by atoms with Crippen LogP contribution in [0.3, 0.4) is 0 Å². The van der Waals surface area contributed by atoms with Gasteiger partial charge in [-0.15, -0.1) is 0 Å². The van der Waals surface area contributed by atoms with E-state index in [-0.39, 0.29) is 12.0 Å². The second-order valence-corrected chi connectivity index (χ2v) is 5.90. The van der Waals surface area contributed by atoms with Crippen molar-refractivity contribution in [1.29, 1.82) is 0 Å². The highest BCUT2D eigenvalue weighted by Gasteiger charge is 2.35. The number of nitrogen functional groups attached to an aromatic ring is 1. The van der Waals surface area contributed by atoms with Crippen LogP contribution in [0.5, 0.6) is 0 Å². The summed E-state index contributed by atoms with van der Waals surface area (Å²) in [6.07, 6.45) is 1.10. The van der Waals surface area contributed by atoms with Crippen LogP contribution in [-0.4, -0.2) is 36.6 Å². The average Bonchev–Trinajstić information content (AvgIpc) is 2.47. The number of carbonyl (C=O) groups is 1. The molecule has 110 valence electrons. The van der Waals surface area contributed by atoms with E-state index in [1.807, 2.05) is 43.0 Å². The van der Waals surface area contributed by atoms with E-state index in [9.17, 15) is 4.79 Å². The summed E-state index contributed by atoms with van der Waals surface area (Å²) in [4.78, 5) is 14.7. The fraction of sp³-hybridized carbons (Fsp3) is 0.562. The maximum Gasteiger partial charge on any atom is 0.232 e. The van der Waals surface area contributed by atoms with Gasteiger partial charge in [0.05, 0.1) is 18.1 Å². The van der Waals surface area contributed by atoms with E-state index in [2.05, 4.69) is 6.92 Å². The Morgan fingerprint density at radius 3 is 2.65 bits per heavy atom. The number of carbonyl (C=O) groups excluding carboxylic acids is 1. The molecule has 1 amide bonds. The molecule has 0 aromatic heterocycles. The Kier molecular flexibility index (Phi) is 4.33. The molecule has 0 radical (unpaired) electrons. The van der Waals surface area contributed by atoms with Gasteiger partial charge in [-0.3, -0.25) is 4.79 Å². The van der Waals surface area contributed by atoms with Gasteiger partial charge in [-0.2, -0.15) is 0 Å². The predicted octanol–water partition coefficient (Wildman–Crippen LogP) is 2.18. The Labute approximate surface area is 120 Å². The maximum absolute atomic E-state index is 12.8. The van der Waals surface area contributed by atoms with Crippen LogP contribution >= 0.6 is 0 Å². The normalized spacial score (nSPS) is 19.9. The molecule has 1 aliphatic heterocycles. The maximum atomic E-state index is 12.8. The third-order valence-electron chi connectivity index (χ3n) is 4.05. The van der Waals surface area contributed by atoms with Gasteiger partial charge in [-0.05, 0) is 38.0 Å².